The Morgan fingerprint density at radius 2 is 1.01 bits per heavy atom. The van der Waals surface area contributed by atoms with E-state index in [4.69, 9.17) is 0 Å². The van der Waals surface area contributed by atoms with Gasteiger partial charge >= 0.3 is 0 Å². The largest absolute Gasteiger partial charge is 0.310 e. The zero-order chi connectivity index (χ0) is 46.1. The molecule has 10 aromatic carbocycles. The van der Waals surface area contributed by atoms with Crippen molar-refractivity contribution in [1.82, 2.24) is 4.57 Å². The van der Waals surface area contributed by atoms with Crippen LogP contribution in [0.1, 0.15) is 68.6 Å². The number of hydrogen-bond donors (Lipinski definition) is 0. The van der Waals surface area contributed by atoms with Crippen molar-refractivity contribution in [3.63, 3.8) is 0 Å². The second kappa shape index (κ2) is 16.7. The van der Waals surface area contributed by atoms with E-state index in [1.165, 1.54) is 132 Å². The molecule has 2 nitrogen and oxygen atoms in total. The molecule has 1 fully saturated rings. The number of nitrogens with zero attached hydrogens (tertiary/aromatic N) is 2. The fraction of sp³-hybridized carbons (Fsp3) is 0.134. The normalized spacial score (nSPS) is 14.3. The van der Waals surface area contributed by atoms with Crippen LogP contribution in [-0.2, 0) is 5.41 Å². The van der Waals surface area contributed by atoms with Gasteiger partial charge in [-0.25, -0.2) is 0 Å². The van der Waals surface area contributed by atoms with Gasteiger partial charge in [-0.1, -0.05) is 197 Å². The third-order valence-corrected chi connectivity index (χ3v) is 15.6. The van der Waals surface area contributed by atoms with Crippen LogP contribution in [0.25, 0.3) is 82.8 Å². The summed E-state index contributed by atoms with van der Waals surface area (Å²) in [6, 6.07) is 83.9. The predicted molar refractivity (Wildman–Crippen MR) is 293 cm³/mol. The van der Waals surface area contributed by atoms with Gasteiger partial charge in [-0.3, -0.25) is 0 Å². The molecule has 0 atom stereocenters. The number of aromatic nitrogens is 1. The van der Waals surface area contributed by atoms with Crippen molar-refractivity contribution in [2.75, 3.05) is 4.90 Å². The first-order chi connectivity index (χ1) is 34.0. The molecule has 0 aliphatic heterocycles. The number of para-hydroxylation sites is 3. The highest BCUT2D eigenvalue weighted by Gasteiger charge is 2.35. The predicted octanol–water partition coefficient (Wildman–Crippen LogP) is 18.8. The van der Waals surface area contributed by atoms with E-state index in [1.807, 2.05) is 0 Å². The molecule has 1 aromatic heterocycles. The summed E-state index contributed by atoms with van der Waals surface area (Å²) in [5.41, 5.74) is 21.3. The molecule has 69 heavy (non-hydrogen) atoms. The standard InChI is InChI=1S/C67H54N2/c1-67(2)60-30-12-9-24-55(60)56-43-38-49(44-61(56)67)45-34-39-51(40-35-45)68(62-31-13-10-25-57(62)58-29-16-21-48-20-15-27-53(65(48)58)46-18-5-3-6-19-46)52-41-36-47(37-42-52)54-28-17-33-64-66(54)59-26-11-14-32-63(59)69(64)50-22-7-4-8-23-50/h4,7-17,20-44,46H,3,5-6,18-19H2,1-2H3. The molecule has 0 saturated heterocycles. The van der Waals surface area contributed by atoms with Crippen molar-refractivity contribution in [2.24, 2.45) is 0 Å². The summed E-state index contributed by atoms with van der Waals surface area (Å²) in [4.78, 5) is 2.48. The summed E-state index contributed by atoms with van der Waals surface area (Å²) in [5, 5.41) is 5.24. The minimum Gasteiger partial charge on any atom is -0.310 e. The molecule has 2 heteroatoms. The molecular weight excluding hydrogens is 833 g/mol. The molecule has 0 bridgehead atoms. The van der Waals surface area contributed by atoms with Gasteiger partial charge < -0.3 is 9.47 Å². The summed E-state index contributed by atoms with van der Waals surface area (Å²) in [7, 11) is 0. The lowest BCUT2D eigenvalue weighted by Crippen LogP contribution is -2.14. The first-order valence-electron chi connectivity index (χ1n) is 25.0. The fourth-order valence-electron chi connectivity index (χ4n) is 12.3. The minimum atomic E-state index is -0.0580. The van der Waals surface area contributed by atoms with E-state index in [1.54, 1.807) is 0 Å². The van der Waals surface area contributed by atoms with Gasteiger partial charge in [-0.2, -0.15) is 0 Å². The molecule has 11 aromatic rings. The van der Waals surface area contributed by atoms with E-state index in [2.05, 4.69) is 248 Å². The Morgan fingerprint density at radius 1 is 0.420 bits per heavy atom. The van der Waals surface area contributed by atoms with Crippen LogP contribution < -0.4 is 4.90 Å². The lowest BCUT2D eigenvalue weighted by molar-refractivity contribution is 0.445. The molecular formula is C67H54N2. The van der Waals surface area contributed by atoms with Gasteiger partial charge in [0.25, 0.3) is 0 Å². The van der Waals surface area contributed by atoms with Gasteiger partial charge in [-0.05, 0) is 146 Å². The molecule has 13 rings (SSSR count). The highest BCUT2D eigenvalue weighted by molar-refractivity contribution is 6.16. The number of fused-ring (bicyclic) bond motifs is 7. The van der Waals surface area contributed by atoms with Gasteiger partial charge in [0.05, 0.1) is 16.7 Å². The van der Waals surface area contributed by atoms with Gasteiger partial charge in [0, 0.05) is 38.8 Å². The lowest BCUT2D eigenvalue weighted by Gasteiger charge is -2.29. The van der Waals surface area contributed by atoms with Crippen LogP contribution in [0.4, 0.5) is 17.1 Å². The van der Waals surface area contributed by atoms with Crippen molar-refractivity contribution in [3.05, 3.63) is 241 Å². The Balaban J connectivity index is 0.955. The van der Waals surface area contributed by atoms with E-state index in [-0.39, 0.29) is 5.41 Å². The third-order valence-electron chi connectivity index (χ3n) is 15.6. The Hall–Kier alpha value is -7.94. The fourth-order valence-corrected chi connectivity index (χ4v) is 12.3. The van der Waals surface area contributed by atoms with Crippen molar-refractivity contribution < 1.29 is 0 Å². The molecule has 1 saturated carbocycles. The smallest absolute Gasteiger partial charge is 0.0547 e. The Bertz CT molecular complexity index is 3710. The van der Waals surface area contributed by atoms with Crippen molar-refractivity contribution in [1.29, 1.82) is 0 Å². The van der Waals surface area contributed by atoms with Gasteiger partial charge in [0.1, 0.15) is 0 Å². The lowest BCUT2D eigenvalue weighted by atomic mass is 9.80. The SMILES string of the molecule is CC1(C)c2ccccc2-c2ccc(-c3ccc(N(c4ccc(-c5cccc6c5c5ccccc5n6-c5ccccc5)cc4)c4ccccc4-c4cccc5cccc(C6CCCCC6)c45)cc3)cc21. The highest BCUT2D eigenvalue weighted by Crippen LogP contribution is 2.51. The maximum atomic E-state index is 2.48. The van der Waals surface area contributed by atoms with Crippen LogP contribution in [0.2, 0.25) is 0 Å². The minimum absolute atomic E-state index is 0.0580. The second-order valence-corrected chi connectivity index (χ2v) is 19.9. The number of rotatable bonds is 8. The van der Waals surface area contributed by atoms with Crippen LogP contribution in [-0.4, -0.2) is 4.57 Å². The average molecular weight is 887 g/mol. The Kier molecular flexibility index (Phi) is 9.98. The van der Waals surface area contributed by atoms with E-state index in [9.17, 15) is 0 Å². The van der Waals surface area contributed by atoms with Crippen LogP contribution in [0.15, 0.2) is 224 Å². The van der Waals surface area contributed by atoms with Crippen LogP contribution in [0.5, 0.6) is 0 Å². The Morgan fingerprint density at radius 3 is 1.81 bits per heavy atom. The average Bonchev–Trinajstić information content (AvgIpc) is 3.87. The first kappa shape index (κ1) is 41.3. The van der Waals surface area contributed by atoms with Gasteiger partial charge in [0.2, 0.25) is 0 Å². The van der Waals surface area contributed by atoms with Crippen molar-refractivity contribution in [3.8, 4) is 50.2 Å². The van der Waals surface area contributed by atoms with Crippen molar-refractivity contribution >= 4 is 49.6 Å². The summed E-state index contributed by atoms with van der Waals surface area (Å²) in [6.45, 7) is 4.73. The van der Waals surface area contributed by atoms with Crippen LogP contribution >= 0.6 is 0 Å². The highest BCUT2D eigenvalue weighted by atomic mass is 15.1. The van der Waals surface area contributed by atoms with E-state index in [0.29, 0.717) is 5.92 Å². The van der Waals surface area contributed by atoms with Gasteiger partial charge in [0.15, 0.2) is 0 Å². The molecule has 0 spiro atoms. The zero-order valence-electron chi connectivity index (χ0n) is 39.4. The maximum Gasteiger partial charge on any atom is 0.0547 e. The Labute approximate surface area is 405 Å². The van der Waals surface area contributed by atoms with Crippen LogP contribution in [0.3, 0.4) is 0 Å². The van der Waals surface area contributed by atoms with E-state index < -0.39 is 0 Å². The van der Waals surface area contributed by atoms with Gasteiger partial charge in [-0.15, -0.1) is 0 Å². The summed E-state index contributed by atoms with van der Waals surface area (Å²) >= 11 is 0. The maximum absolute atomic E-state index is 2.48. The van der Waals surface area contributed by atoms with E-state index >= 15 is 0 Å². The molecule has 2 aliphatic rings. The summed E-state index contributed by atoms with van der Waals surface area (Å²) < 4.78 is 2.40. The van der Waals surface area contributed by atoms with Crippen LogP contribution in [0, 0.1) is 0 Å². The molecule has 0 unspecified atom stereocenters. The number of anilines is 3. The summed E-state index contributed by atoms with van der Waals surface area (Å²) in [6.07, 6.45) is 6.47. The summed E-state index contributed by atoms with van der Waals surface area (Å²) in [5.74, 6) is 0.581. The zero-order valence-corrected chi connectivity index (χ0v) is 39.4. The number of hydrogen-bond acceptors (Lipinski definition) is 1. The quantitative estimate of drug-likeness (QED) is 0.148. The molecule has 0 amide bonds. The monoisotopic (exact) mass is 886 g/mol. The first-order valence-corrected chi connectivity index (χ1v) is 25.0. The molecule has 332 valence electrons. The molecule has 0 N–H and O–H groups in total. The van der Waals surface area contributed by atoms with E-state index in [0.717, 1.165) is 17.1 Å². The molecule has 0 radical (unpaired) electrons. The van der Waals surface area contributed by atoms with Crippen molar-refractivity contribution in [2.45, 2.75) is 57.3 Å². The second-order valence-electron chi connectivity index (χ2n) is 19.9. The molecule has 1 heterocycles. The molecule has 2 aliphatic carbocycles. The topological polar surface area (TPSA) is 8.17 Å². The number of benzene rings is 10. The third kappa shape index (κ3) is 6.84.